The van der Waals surface area contributed by atoms with Gasteiger partial charge in [0.1, 0.15) is 5.73 Å². The van der Waals surface area contributed by atoms with Crippen molar-refractivity contribution in [3.8, 4) is 0 Å². The Hall–Kier alpha value is -0.815. The highest BCUT2D eigenvalue weighted by Gasteiger charge is 2.53. The maximum atomic E-state index is 14.6. The third-order valence-electron chi connectivity index (χ3n) is 4.92. The minimum Gasteiger partial charge on any atom is -0.398 e. The lowest BCUT2D eigenvalue weighted by molar-refractivity contribution is -0.125. The Morgan fingerprint density at radius 3 is 1.96 bits per heavy atom. The van der Waals surface area contributed by atoms with Crippen LogP contribution in [0.4, 0.5) is 17.6 Å². The fraction of sp³-hybridized carbons (Fsp3) is 0.750. The number of rotatable bonds is 2. The van der Waals surface area contributed by atoms with Crippen LogP contribution >= 0.6 is 0 Å². The van der Waals surface area contributed by atoms with Gasteiger partial charge in [0, 0.05) is 0 Å². The summed E-state index contributed by atoms with van der Waals surface area (Å²) in [5, 5.41) is 0. The first-order valence-electron chi connectivity index (χ1n) is 7.89. The second-order valence-electron chi connectivity index (χ2n) is 7.22. The predicted octanol–water partition coefficient (Wildman–Crippen LogP) is 5.29. The second-order valence-corrected chi connectivity index (χ2v) is 7.22. The van der Waals surface area contributed by atoms with Crippen molar-refractivity contribution in [3.63, 3.8) is 0 Å². The molecule has 7 heteroatoms. The molecule has 1 saturated carbocycles. The van der Waals surface area contributed by atoms with Gasteiger partial charge >= 0.3 is 13.3 Å². The molecule has 0 atom stereocenters. The average Bonchev–Trinajstić information content (AvgIpc) is 2.64. The van der Waals surface area contributed by atoms with Crippen LogP contribution in [0.15, 0.2) is 22.9 Å². The molecular formula is C16H23BF4O2. The van der Waals surface area contributed by atoms with Gasteiger partial charge in [0.25, 0.3) is 0 Å². The molecule has 1 aliphatic carbocycles. The molecule has 1 heterocycles. The predicted molar refractivity (Wildman–Crippen MR) is 81.4 cm³/mol. The first-order valence-corrected chi connectivity index (χ1v) is 7.89. The summed E-state index contributed by atoms with van der Waals surface area (Å²) in [6, 6.07) is 0. The van der Waals surface area contributed by atoms with Gasteiger partial charge in [0.2, 0.25) is 0 Å². The van der Waals surface area contributed by atoms with Gasteiger partial charge in [-0.1, -0.05) is 11.6 Å². The first-order chi connectivity index (χ1) is 10.4. The van der Waals surface area contributed by atoms with E-state index in [4.69, 9.17) is 9.31 Å². The van der Waals surface area contributed by atoms with Crippen LogP contribution in [0, 0.1) is 0 Å². The highest BCUT2D eigenvalue weighted by Crippen LogP contribution is 2.41. The van der Waals surface area contributed by atoms with E-state index in [1.807, 2.05) is 27.7 Å². The van der Waals surface area contributed by atoms with Crippen LogP contribution in [-0.4, -0.2) is 24.5 Å². The molecule has 0 aromatic heterocycles. The van der Waals surface area contributed by atoms with Gasteiger partial charge in [-0.3, -0.25) is 0 Å². The van der Waals surface area contributed by atoms with Crippen molar-refractivity contribution in [3.05, 3.63) is 22.9 Å². The van der Waals surface area contributed by atoms with Gasteiger partial charge in [0.05, 0.1) is 17.6 Å². The van der Waals surface area contributed by atoms with Gasteiger partial charge in [-0.15, -0.1) is 0 Å². The van der Waals surface area contributed by atoms with Crippen molar-refractivity contribution >= 4 is 7.12 Å². The molecule has 2 rings (SSSR count). The summed E-state index contributed by atoms with van der Waals surface area (Å²) in [5.41, 5.74) is -0.303. The SMILES string of the molecule is CC1(C)OB(C(F)=C2CCC(=CCC(F)(F)F)CC2)OC1(C)C. The Kier molecular flexibility index (Phi) is 5.03. The molecule has 2 nitrogen and oxygen atoms in total. The van der Waals surface area contributed by atoms with E-state index < -0.39 is 36.6 Å². The Labute approximate surface area is 135 Å². The van der Waals surface area contributed by atoms with Crippen LogP contribution in [0.2, 0.25) is 0 Å². The largest absolute Gasteiger partial charge is 0.525 e. The maximum Gasteiger partial charge on any atom is 0.525 e. The number of hydrogen-bond donors (Lipinski definition) is 0. The smallest absolute Gasteiger partial charge is 0.398 e. The number of hydrogen-bond acceptors (Lipinski definition) is 2. The fourth-order valence-electron chi connectivity index (χ4n) is 2.69. The lowest BCUT2D eigenvalue weighted by Gasteiger charge is -2.32. The molecule has 0 aromatic rings. The van der Waals surface area contributed by atoms with Crippen molar-refractivity contribution < 1.29 is 26.9 Å². The Morgan fingerprint density at radius 2 is 1.52 bits per heavy atom. The normalized spacial score (nSPS) is 24.1. The number of alkyl halides is 3. The molecule has 0 aromatic carbocycles. The van der Waals surface area contributed by atoms with E-state index in [1.165, 1.54) is 6.08 Å². The zero-order chi connectivity index (χ0) is 17.5. The van der Waals surface area contributed by atoms with Crippen LogP contribution in [0.25, 0.3) is 0 Å². The second kappa shape index (κ2) is 6.24. The summed E-state index contributed by atoms with van der Waals surface area (Å²) in [7, 11) is -1.02. The van der Waals surface area contributed by atoms with Crippen LogP contribution < -0.4 is 0 Å². The lowest BCUT2D eigenvalue weighted by atomic mass is 9.79. The Bertz CT molecular complexity index is 493. The topological polar surface area (TPSA) is 18.5 Å². The minimum absolute atomic E-state index is 0.416. The summed E-state index contributed by atoms with van der Waals surface area (Å²) >= 11 is 0. The average molecular weight is 334 g/mol. The van der Waals surface area contributed by atoms with Crippen molar-refractivity contribution in [1.82, 2.24) is 0 Å². The van der Waals surface area contributed by atoms with Crippen LogP contribution in [0.3, 0.4) is 0 Å². The number of allylic oxidation sites excluding steroid dienone is 3. The van der Waals surface area contributed by atoms with Gasteiger partial charge < -0.3 is 9.31 Å². The molecule has 0 unspecified atom stereocenters. The molecule has 0 radical (unpaired) electrons. The Balaban J connectivity index is 2.00. The third-order valence-corrected chi connectivity index (χ3v) is 4.92. The summed E-state index contributed by atoms with van der Waals surface area (Å²) in [4.78, 5) is 0. The van der Waals surface area contributed by atoms with Gasteiger partial charge in [-0.25, -0.2) is 4.39 Å². The van der Waals surface area contributed by atoms with E-state index in [9.17, 15) is 17.6 Å². The van der Waals surface area contributed by atoms with Gasteiger partial charge in [-0.2, -0.15) is 13.2 Å². The lowest BCUT2D eigenvalue weighted by Crippen LogP contribution is -2.41. The van der Waals surface area contributed by atoms with Crippen molar-refractivity contribution in [2.45, 2.75) is 77.2 Å². The van der Waals surface area contributed by atoms with Gasteiger partial charge in [-0.05, 0) is 59.0 Å². The van der Waals surface area contributed by atoms with E-state index in [0.29, 0.717) is 31.3 Å². The van der Waals surface area contributed by atoms with E-state index in [2.05, 4.69) is 0 Å². The highest BCUT2D eigenvalue weighted by molar-refractivity contribution is 6.53. The summed E-state index contributed by atoms with van der Waals surface area (Å²) in [6.45, 7) is 7.40. The highest BCUT2D eigenvalue weighted by atomic mass is 19.4. The minimum atomic E-state index is -4.18. The van der Waals surface area contributed by atoms with E-state index in [0.717, 1.165) is 5.57 Å². The first kappa shape index (κ1) is 18.5. The van der Waals surface area contributed by atoms with E-state index in [-0.39, 0.29) is 0 Å². The molecule has 130 valence electrons. The molecule has 23 heavy (non-hydrogen) atoms. The zero-order valence-electron chi connectivity index (χ0n) is 14.0. The van der Waals surface area contributed by atoms with E-state index >= 15 is 0 Å². The van der Waals surface area contributed by atoms with E-state index in [1.54, 1.807) is 0 Å². The van der Waals surface area contributed by atoms with Crippen molar-refractivity contribution in [1.29, 1.82) is 0 Å². The molecule has 1 aliphatic heterocycles. The van der Waals surface area contributed by atoms with Gasteiger partial charge in [0.15, 0.2) is 0 Å². The van der Waals surface area contributed by atoms with Crippen molar-refractivity contribution in [2.24, 2.45) is 0 Å². The third kappa shape index (κ3) is 4.38. The zero-order valence-corrected chi connectivity index (χ0v) is 14.0. The van der Waals surface area contributed by atoms with Crippen LogP contribution in [0.1, 0.15) is 59.8 Å². The maximum absolute atomic E-state index is 14.6. The molecule has 0 N–H and O–H groups in total. The summed E-state index contributed by atoms with van der Waals surface area (Å²) in [5.74, 6) is 0. The quantitative estimate of drug-likeness (QED) is 0.388. The number of halogens is 4. The standard InChI is InChI=1S/C16H23BF4O2/c1-14(2)15(3,4)23-17(22-14)13(18)12-7-5-11(6-8-12)9-10-16(19,20)21/h9H,5-8,10H2,1-4H3. The molecule has 0 amide bonds. The van der Waals surface area contributed by atoms with Crippen molar-refractivity contribution in [2.75, 3.05) is 0 Å². The fourth-order valence-corrected chi connectivity index (χ4v) is 2.69. The molecule has 2 aliphatic rings. The molecular weight excluding hydrogens is 311 g/mol. The summed E-state index contributed by atoms with van der Waals surface area (Å²) < 4.78 is 62.6. The van der Waals surface area contributed by atoms with Crippen LogP contribution in [0.5, 0.6) is 0 Å². The molecule has 2 fully saturated rings. The monoisotopic (exact) mass is 334 g/mol. The molecule has 0 bridgehead atoms. The van der Waals surface area contributed by atoms with Crippen LogP contribution in [-0.2, 0) is 9.31 Å². The summed E-state index contributed by atoms with van der Waals surface area (Å²) in [6.07, 6.45) is -2.13. The molecule has 0 spiro atoms. The Morgan fingerprint density at radius 1 is 1.04 bits per heavy atom. The molecule has 1 saturated heterocycles.